The molecule has 2 rings (SSSR count). The van der Waals surface area contributed by atoms with E-state index in [1.165, 1.54) is 24.4 Å². The predicted molar refractivity (Wildman–Crippen MR) is 93.4 cm³/mol. The topological polar surface area (TPSA) is 96.0 Å². The molecule has 0 spiro atoms. The third-order valence-electron chi connectivity index (χ3n) is 4.21. The van der Waals surface area contributed by atoms with Crippen LogP contribution in [0.25, 0.3) is 0 Å². The minimum absolute atomic E-state index is 0.00632. The Morgan fingerprint density at radius 3 is 2.46 bits per heavy atom. The van der Waals surface area contributed by atoms with Gasteiger partial charge in [-0.25, -0.2) is 0 Å². The smallest absolute Gasteiger partial charge is 0.270 e. The first-order valence-electron chi connectivity index (χ1n) is 7.59. The fourth-order valence-corrected chi connectivity index (χ4v) is 2.15. The van der Waals surface area contributed by atoms with Crippen LogP contribution in [0.5, 0.6) is 11.5 Å². The van der Waals surface area contributed by atoms with Crippen LogP contribution in [0, 0.1) is 10.1 Å². The first-order valence-corrected chi connectivity index (χ1v) is 7.59. The van der Waals surface area contributed by atoms with Crippen molar-refractivity contribution in [3.05, 3.63) is 57.6 Å². The largest absolute Gasteiger partial charge is 0.507 e. The van der Waals surface area contributed by atoms with Gasteiger partial charge in [-0.3, -0.25) is 15.1 Å². The highest BCUT2D eigenvalue weighted by Gasteiger charge is 2.19. The fourth-order valence-electron chi connectivity index (χ4n) is 2.15. The van der Waals surface area contributed by atoms with Gasteiger partial charge in [0.15, 0.2) is 0 Å². The number of aromatic hydroxyl groups is 2. The van der Waals surface area contributed by atoms with Gasteiger partial charge < -0.3 is 10.2 Å². The minimum atomic E-state index is -0.543. The average Bonchev–Trinajstić information content (AvgIpc) is 2.54. The van der Waals surface area contributed by atoms with Crippen molar-refractivity contribution in [3.63, 3.8) is 0 Å². The maximum atomic E-state index is 10.8. The molecule has 0 heterocycles. The van der Waals surface area contributed by atoms with Crippen LogP contribution in [0.1, 0.15) is 38.3 Å². The van der Waals surface area contributed by atoms with E-state index in [9.17, 15) is 20.3 Å². The number of aliphatic imine (C=N–C) groups is 1. The molecule has 2 N–H and O–H groups in total. The van der Waals surface area contributed by atoms with Crippen LogP contribution < -0.4 is 0 Å². The molecule has 0 amide bonds. The number of nitrogens with zero attached hydrogens (tertiary/aromatic N) is 2. The number of benzene rings is 2. The molecule has 6 heteroatoms. The van der Waals surface area contributed by atoms with E-state index >= 15 is 0 Å². The average molecular weight is 328 g/mol. The highest BCUT2D eigenvalue weighted by atomic mass is 16.6. The summed E-state index contributed by atoms with van der Waals surface area (Å²) in [5.74, 6) is -0.110. The number of non-ortho nitro benzene ring substituents is 1. The zero-order valence-corrected chi connectivity index (χ0v) is 13.9. The maximum Gasteiger partial charge on any atom is 0.270 e. The van der Waals surface area contributed by atoms with Crippen molar-refractivity contribution in [2.45, 2.75) is 32.6 Å². The van der Waals surface area contributed by atoms with E-state index in [2.05, 4.69) is 25.8 Å². The number of hydrogen-bond donors (Lipinski definition) is 2. The van der Waals surface area contributed by atoms with E-state index < -0.39 is 4.92 Å². The maximum absolute atomic E-state index is 10.8. The van der Waals surface area contributed by atoms with Crippen molar-refractivity contribution in [1.82, 2.24) is 0 Å². The molecule has 0 saturated heterocycles. The summed E-state index contributed by atoms with van der Waals surface area (Å²) in [7, 11) is 0. The van der Waals surface area contributed by atoms with Crippen molar-refractivity contribution in [3.8, 4) is 11.5 Å². The Labute approximate surface area is 140 Å². The highest BCUT2D eigenvalue weighted by Crippen LogP contribution is 2.34. The van der Waals surface area contributed by atoms with Crippen LogP contribution in [-0.4, -0.2) is 21.4 Å². The Hall–Kier alpha value is -2.89. The summed E-state index contributed by atoms with van der Waals surface area (Å²) < 4.78 is 0. The molecule has 2 aromatic rings. The lowest BCUT2D eigenvalue weighted by Gasteiger charge is -2.23. The molecule has 0 radical (unpaired) electrons. The van der Waals surface area contributed by atoms with E-state index in [0.717, 1.165) is 12.0 Å². The monoisotopic (exact) mass is 328 g/mol. The molecule has 0 atom stereocenters. The Bertz CT molecular complexity index is 798. The Morgan fingerprint density at radius 2 is 1.83 bits per heavy atom. The third-order valence-corrected chi connectivity index (χ3v) is 4.21. The van der Waals surface area contributed by atoms with Gasteiger partial charge in [0.05, 0.1) is 4.92 Å². The van der Waals surface area contributed by atoms with Crippen molar-refractivity contribution < 1.29 is 15.1 Å². The third kappa shape index (κ3) is 3.71. The standard InChI is InChI=1S/C18H20N2O4/c1-4-18(2,3)13-5-7-17(22)15(10-13)19-11-12-9-14(20(23)24)6-8-16(12)21/h5-11,21-22H,4H2,1-3H3. The molecule has 0 unspecified atom stereocenters. The summed E-state index contributed by atoms with van der Waals surface area (Å²) in [4.78, 5) is 14.5. The lowest BCUT2D eigenvalue weighted by molar-refractivity contribution is -0.384. The lowest BCUT2D eigenvalue weighted by atomic mass is 9.82. The quantitative estimate of drug-likeness (QED) is 0.481. The Balaban J connectivity index is 2.41. The van der Waals surface area contributed by atoms with Gasteiger partial charge in [-0.2, -0.15) is 0 Å². The van der Waals surface area contributed by atoms with Crippen LogP contribution in [0.2, 0.25) is 0 Å². The normalized spacial score (nSPS) is 11.8. The molecule has 0 aliphatic carbocycles. The van der Waals surface area contributed by atoms with Crippen molar-refractivity contribution in [2.24, 2.45) is 4.99 Å². The summed E-state index contributed by atoms with van der Waals surface area (Å²) in [6, 6.07) is 8.90. The second-order valence-electron chi connectivity index (χ2n) is 6.20. The van der Waals surface area contributed by atoms with E-state index in [1.54, 1.807) is 12.1 Å². The van der Waals surface area contributed by atoms with E-state index in [4.69, 9.17) is 0 Å². The molecule has 2 aromatic carbocycles. The second kappa shape index (κ2) is 6.70. The number of nitro groups is 1. The molecule has 6 nitrogen and oxygen atoms in total. The lowest BCUT2D eigenvalue weighted by Crippen LogP contribution is -2.14. The van der Waals surface area contributed by atoms with Crippen molar-refractivity contribution in [2.75, 3.05) is 0 Å². The number of nitro benzene ring substituents is 1. The van der Waals surface area contributed by atoms with Gasteiger partial charge in [-0.1, -0.05) is 26.8 Å². The van der Waals surface area contributed by atoms with Crippen LogP contribution in [0.15, 0.2) is 41.4 Å². The van der Waals surface area contributed by atoms with Crippen LogP contribution in [-0.2, 0) is 5.41 Å². The Morgan fingerprint density at radius 1 is 1.17 bits per heavy atom. The molecular formula is C18H20N2O4. The van der Waals surface area contributed by atoms with E-state index in [-0.39, 0.29) is 28.2 Å². The minimum Gasteiger partial charge on any atom is -0.507 e. The van der Waals surface area contributed by atoms with Gasteiger partial charge in [-0.15, -0.1) is 0 Å². The van der Waals surface area contributed by atoms with Gasteiger partial charge in [-0.05, 0) is 35.6 Å². The molecule has 0 bridgehead atoms. The second-order valence-corrected chi connectivity index (χ2v) is 6.20. The van der Waals surface area contributed by atoms with Gasteiger partial charge in [0.1, 0.15) is 17.2 Å². The number of phenols is 2. The molecule has 126 valence electrons. The van der Waals surface area contributed by atoms with Gasteiger partial charge in [0, 0.05) is 23.9 Å². The van der Waals surface area contributed by atoms with Gasteiger partial charge in [0.2, 0.25) is 0 Å². The molecule has 0 saturated carbocycles. The summed E-state index contributed by atoms with van der Waals surface area (Å²) in [5, 5.41) is 30.6. The number of phenolic OH excluding ortho intramolecular Hbond substituents is 2. The van der Waals surface area contributed by atoms with E-state index in [0.29, 0.717) is 5.69 Å². The summed E-state index contributed by atoms with van der Waals surface area (Å²) in [6.07, 6.45) is 2.23. The van der Waals surface area contributed by atoms with Crippen LogP contribution in [0.3, 0.4) is 0 Å². The van der Waals surface area contributed by atoms with Crippen molar-refractivity contribution >= 4 is 17.6 Å². The summed E-state index contributed by atoms with van der Waals surface area (Å²) in [6.45, 7) is 6.27. The Kier molecular flexibility index (Phi) is 4.87. The molecule has 0 aliphatic rings. The van der Waals surface area contributed by atoms with E-state index in [1.807, 2.05) is 6.07 Å². The molecule has 0 aromatic heterocycles. The summed E-state index contributed by atoms with van der Waals surface area (Å²) >= 11 is 0. The molecule has 0 aliphatic heterocycles. The SMILES string of the molecule is CCC(C)(C)c1ccc(O)c(N=Cc2cc([N+](=O)[O-])ccc2O)c1. The fraction of sp³-hybridized carbons (Fsp3) is 0.278. The molecular weight excluding hydrogens is 308 g/mol. The molecule has 24 heavy (non-hydrogen) atoms. The van der Waals surface area contributed by atoms with Crippen molar-refractivity contribution in [1.29, 1.82) is 0 Å². The van der Waals surface area contributed by atoms with Gasteiger partial charge >= 0.3 is 0 Å². The number of hydrogen-bond acceptors (Lipinski definition) is 5. The van der Waals surface area contributed by atoms with Gasteiger partial charge in [0.25, 0.3) is 5.69 Å². The predicted octanol–water partition coefficient (Wildman–Crippen LogP) is 4.44. The van der Waals surface area contributed by atoms with Crippen LogP contribution >= 0.6 is 0 Å². The first kappa shape index (κ1) is 17.5. The highest BCUT2D eigenvalue weighted by molar-refractivity contribution is 5.86. The summed E-state index contributed by atoms with van der Waals surface area (Å²) in [5.41, 5.74) is 1.38. The zero-order valence-electron chi connectivity index (χ0n) is 13.9. The molecule has 0 fully saturated rings. The number of rotatable bonds is 5. The first-order chi connectivity index (χ1) is 11.2. The zero-order chi connectivity index (χ0) is 17.9. The van der Waals surface area contributed by atoms with Crippen LogP contribution in [0.4, 0.5) is 11.4 Å².